The van der Waals surface area contributed by atoms with Gasteiger partial charge in [-0.2, -0.15) is 0 Å². The molecular formula is C17H23NO6. The summed E-state index contributed by atoms with van der Waals surface area (Å²) in [5.74, 6) is -0.979. The molecule has 0 aliphatic carbocycles. The first kappa shape index (κ1) is 18.2. The van der Waals surface area contributed by atoms with Gasteiger partial charge in [-0.1, -0.05) is 0 Å². The van der Waals surface area contributed by atoms with Gasteiger partial charge >= 0.3 is 11.9 Å². The molecule has 0 aromatic heterocycles. The molecule has 7 heteroatoms. The molecule has 0 unspecified atom stereocenters. The molecule has 1 saturated heterocycles. The zero-order valence-electron chi connectivity index (χ0n) is 13.8. The van der Waals surface area contributed by atoms with Crippen LogP contribution < -0.4 is 4.74 Å². The Labute approximate surface area is 141 Å². The SMILES string of the molecule is CCOC(=O)Cc1cc(OCCN2CCOCC2)ccc1C(=O)O. The van der Waals surface area contributed by atoms with Crippen LogP contribution in [0.4, 0.5) is 0 Å². The number of hydrogen-bond donors (Lipinski definition) is 1. The van der Waals surface area contributed by atoms with E-state index in [9.17, 15) is 14.7 Å². The molecule has 1 heterocycles. The number of esters is 1. The number of morpholine rings is 1. The van der Waals surface area contributed by atoms with Crippen molar-refractivity contribution in [2.75, 3.05) is 46.1 Å². The Bertz CT molecular complexity index is 568. The van der Waals surface area contributed by atoms with Crippen LogP contribution in [0.5, 0.6) is 5.75 Å². The average Bonchev–Trinajstić information content (AvgIpc) is 2.56. The average molecular weight is 337 g/mol. The Morgan fingerprint density at radius 1 is 1.29 bits per heavy atom. The third-order valence-electron chi connectivity index (χ3n) is 3.73. The Balaban J connectivity index is 1.96. The van der Waals surface area contributed by atoms with E-state index >= 15 is 0 Å². The molecule has 132 valence electrons. The van der Waals surface area contributed by atoms with E-state index in [2.05, 4.69) is 4.90 Å². The monoisotopic (exact) mass is 337 g/mol. The summed E-state index contributed by atoms with van der Waals surface area (Å²) >= 11 is 0. The summed E-state index contributed by atoms with van der Waals surface area (Å²) in [6.45, 7) is 6.47. The maximum absolute atomic E-state index is 11.6. The Morgan fingerprint density at radius 2 is 2.04 bits per heavy atom. The number of nitrogens with zero attached hydrogens (tertiary/aromatic N) is 1. The molecule has 0 saturated carbocycles. The van der Waals surface area contributed by atoms with Crippen LogP contribution in [0.15, 0.2) is 18.2 Å². The summed E-state index contributed by atoms with van der Waals surface area (Å²) in [7, 11) is 0. The van der Waals surface area contributed by atoms with E-state index in [0.717, 1.165) is 32.8 Å². The zero-order valence-corrected chi connectivity index (χ0v) is 13.8. The molecule has 2 rings (SSSR count). The third-order valence-corrected chi connectivity index (χ3v) is 3.73. The van der Waals surface area contributed by atoms with Crippen molar-refractivity contribution >= 4 is 11.9 Å². The Kier molecular flexibility index (Phi) is 7.02. The van der Waals surface area contributed by atoms with E-state index in [-0.39, 0.29) is 18.6 Å². The second-order valence-corrected chi connectivity index (χ2v) is 5.41. The van der Waals surface area contributed by atoms with E-state index in [1.54, 1.807) is 19.1 Å². The van der Waals surface area contributed by atoms with Crippen LogP contribution in [-0.2, 0) is 20.7 Å². The predicted octanol–water partition coefficient (Wildman–Crippen LogP) is 1.20. The lowest BCUT2D eigenvalue weighted by molar-refractivity contribution is -0.142. The number of rotatable bonds is 8. The van der Waals surface area contributed by atoms with Crippen LogP contribution in [0.1, 0.15) is 22.8 Å². The standard InChI is InChI=1S/C17H23NO6/c1-2-23-16(19)12-13-11-14(3-4-15(13)17(20)21)24-10-7-18-5-8-22-9-6-18/h3-4,11H,2,5-10,12H2,1H3,(H,20,21). The van der Waals surface area contributed by atoms with Crippen LogP contribution in [-0.4, -0.2) is 68.0 Å². The second kappa shape index (κ2) is 9.24. The van der Waals surface area contributed by atoms with Crippen molar-refractivity contribution in [2.24, 2.45) is 0 Å². The van der Waals surface area contributed by atoms with Gasteiger partial charge in [0.15, 0.2) is 0 Å². The number of ether oxygens (including phenoxy) is 3. The molecule has 0 amide bonds. The van der Waals surface area contributed by atoms with Gasteiger partial charge in [0.2, 0.25) is 0 Å². The van der Waals surface area contributed by atoms with Gasteiger partial charge in [0.1, 0.15) is 12.4 Å². The predicted molar refractivity (Wildman–Crippen MR) is 86.5 cm³/mol. The summed E-state index contributed by atoms with van der Waals surface area (Å²) in [6, 6.07) is 4.66. The molecule has 1 aromatic rings. The van der Waals surface area contributed by atoms with Crippen LogP contribution >= 0.6 is 0 Å². The van der Waals surface area contributed by atoms with Crippen molar-refractivity contribution in [3.63, 3.8) is 0 Å². The van der Waals surface area contributed by atoms with Crippen LogP contribution in [0.25, 0.3) is 0 Å². The maximum atomic E-state index is 11.6. The first-order valence-corrected chi connectivity index (χ1v) is 8.05. The summed E-state index contributed by atoms with van der Waals surface area (Å²) in [5, 5.41) is 9.23. The van der Waals surface area contributed by atoms with Crippen molar-refractivity contribution in [2.45, 2.75) is 13.3 Å². The normalized spacial score (nSPS) is 15.0. The summed E-state index contributed by atoms with van der Waals surface area (Å²) in [6.07, 6.45) is -0.0872. The first-order chi connectivity index (χ1) is 11.6. The van der Waals surface area contributed by atoms with Gasteiger partial charge in [0.25, 0.3) is 0 Å². The largest absolute Gasteiger partial charge is 0.492 e. The number of carbonyl (C=O) groups excluding carboxylic acids is 1. The zero-order chi connectivity index (χ0) is 17.4. The highest BCUT2D eigenvalue weighted by Crippen LogP contribution is 2.19. The number of aromatic carboxylic acids is 1. The number of benzene rings is 1. The van der Waals surface area contributed by atoms with E-state index in [1.807, 2.05) is 0 Å². The fraction of sp³-hybridized carbons (Fsp3) is 0.529. The molecule has 1 aliphatic heterocycles. The summed E-state index contributed by atoms with van der Waals surface area (Å²) < 4.78 is 15.9. The van der Waals surface area contributed by atoms with Gasteiger partial charge in [-0.05, 0) is 30.7 Å². The highest BCUT2D eigenvalue weighted by Gasteiger charge is 2.15. The van der Waals surface area contributed by atoms with Gasteiger partial charge in [-0.25, -0.2) is 4.79 Å². The van der Waals surface area contributed by atoms with Gasteiger partial charge < -0.3 is 19.3 Å². The van der Waals surface area contributed by atoms with Crippen molar-refractivity contribution < 1.29 is 28.9 Å². The number of carboxylic acid groups (broad SMARTS) is 1. The highest BCUT2D eigenvalue weighted by molar-refractivity contribution is 5.91. The highest BCUT2D eigenvalue weighted by atomic mass is 16.5. The molecule has 7 nitrogen and oxygen atoms in total. The quantitative estimate of drug-likeness (QED) is 0.713. The maximum Gasteiger partial charge on any atom is 0.335 e. The molecule has 0 spiro atoms. The van der Waals surface area contributed by atoms with Gasteiger partial charge in [0.05, 0.1) is 31.8 Å². The fourth-order valence-electron chi connectivity index (χ4n) is 2.50. The first-order valence-electron chi connectivity index (χ1n) is 8.05. The molecule has 0 bridgehead atoms. The molecule has 1 aromatic carbocycles. The Hall–Kier alpha value is -2.12. The number of carbonyl (C=O) groups is 2. The fourth-order valence-corrected chi connectivity index (χ4v) is 2.50. The molecule has 24 heavy (non-hydrogen) atoms. The van der Waals surface area contributed by atoms with E-state index in [1.165, 1.54) is 6.07 Å². The van der Waals surface area contributed by atoms with Crippen molar-refractivity contribution in [3.05, 3.63) is 29.3 Å². The minimum atomic E-state index is -1.07. The van der Waals surface area contributed by atoms with Crippen molar-refractivity contribution in [1.29, 1.82) is 0 Å². The third kappa shape index (κ3) is 5.50. The number of hydrogen-bond acceptors (Lipinski definition) is 6. The van der Waals surface area contributed by atoms with Crippen LogP contribution in [0, 0.1) is 0 Å². The van der Waals surface area contributed by atoms with Crippen LogP contribution in [0.2, 0.25) is 0 Å². The lowest BCUT2D eigenvalue weighted by atomic mass is 10.0. The lowest BCUT2D eigenvalue weighted by Gasteiger charge is -2.26. The lowest BCUT2D eigenvalue weighted by Crippen LogP contribution is -2.38. The van der Waals surface area contributed by atoms with Crippen LogP contribution in [0.3, 0.4) is 0 Å². The topological polar surface area (TPSA) is 85.3 Å². The summed E-state index contributed by atoms with van der Waals surface area (Å²) in [5.41, 5.74) is 0.480. The molecule has 1 fully saturated rings. The number of carboxylic acids is 1. The van der Waals surface area contributed by atoms with Gasteiger partial charge in [0, 0.05) is 19.6 Å². The van der Waals surface area contributed by atoms with Crippen molar-refractivity contribution in [1.82, 2.24) is 4.90 Å². The van der Waals surface area contributed by atoms with Gasteiger partial charge in [-0.15, -0.1) is 0 Å². The molecule has 0 radical (unpaired) electrons. The second-order valence-electron chi connectivity index (χ2n) is 5.41. The Morgan fingerprint density at radius 3 is 2.71 bits per heavy atom. The molecule has 1 aliphatic rings. The summed E-state index contributed by atoms with van der Waals surface area (Å²) in [4.78, 5) is 25.2. The van der Waals surface area contributed by atoms with Crippen molar-refractivity contribution in [3.8, 4) is 5.75 Å². The molecular weight excluding hydrogens is 314 g/mol. The van der Waals surface area contributed by atoms with E-state index < -0.39 is 11.9 Å². The minimum Gasteiger partial charge on any atom is -0.492 e. The van der Waals surface area contributed by atoms with E-state index in [4.69, 9.17) is 14.2 Å². The smallest absolute Gasteiger partial charge is 0.335 e. The molecule has 0 atom stereocenters. The molecule has 1 N–H and O–H groups in total. The minimum absolute atomic E-state index is 0.0867. The van der Waals surface area contributed by atoms with Gasteiger partial charge in [-0.3, -0.25) is 9.69 Å². The van der Waals surface area contributed by atoms with E-state index in [0.29, 0.717) is 17.9 Å².